The standard InChI is InChI=1S/C11H18N2O/c12-11(2-1-3-11)10(14)13-9-5-7-4-8(7)6-9/h7-9H,1-6,12H2,(H,13,14). The normalized spacial score (nSPS) is 42.5. The van der Waals surface area contributed by atoms with Gasteiger partial charge in [-0.15, -0.1) is 0 Å². The van der Waals surface area contributed by atoms with Gasteiger partial charge in [0.2, 0.25) is 5.91 Å². The molecule has 3 aliphatic rings. The monoisotopic (exact) mass is 194 g/mol. The number of carbonyl (C=O) groups is 1. The number of amides is 1. The summed E-state index contributed by atoms with van der Waals surface area (Å²) in [6, 6.07) is 0.437. The van der Waals surface area contributed by atoms with Crippen molar-refractivity contribution < 1.29 is 4.79 Å². The maximum absolute atomic E-state index is 11.8. The van der Waals surface area contributed by atoms with Gasteiger partial charge in [0.05, 0.1) is 5.54 Å². The van der Waals surface area contributed by atoms with E-state index in [9.17, 15) is 4.79 Å². The highest BCUT2D eigenvalue weighted by Gasteiger charge is 2.48. The summed E-state index contributed by atoms with van der Waals surface area (Å²) >= 11 is 0. The number of carbonyl (C=O) groups excluding carboxylic acids is 1. The van der Waals surface area contributed by atoms with E-state index >= 15 is 0 Å². The summed E-state index contributed by atoms with van der Waals surface area (Å²) in [7, 11) is 0. The van der Waals surface area contributed by atoms with Crippen molar-refractivity contribution in [3.05, 3.63) is 0 Å². The Morgan fingerprint density at radius 3 is 2.36 bits per heavy atom. The minimum absolute atomic E-state index is 0.107. The molecule has 2 atom stereocenters. The molecular weight excluding hydrogens is 176 g/mol. The maximum Gasteiger partial charge on any atom is 0.240 e. The summed E-state index contributed by atoms with van der Waals surface area (Å²) in [5, 5.41) is 3.12. The third kappa shape index (κ3) is 1.26. The third-order valence-electron chi connectivity index (χ3n) is 4.28. The lowest BCUT2D eigenvalue weighted by Crippen LogP contribution is -2.60. The van der Waals surface area contributed by atoms with E-state index in [2.05, 4.69) is 5.32 Å². The first-order chi connectivity index (χ1) is 6.67. The van der Waals surface area contributed by atoms with Crippen LogP contribution in [0.5, 0.6) is 0 Å². The average molecular weight is 194 g/mol. The number of hydrogen-bond donors (Lipinski definition) is 2. The van der Waals surface area contributed by atoms with Crippen LogP contribution in [-0.2, 0) is 4.79 Å². The Morgan fingerprint density at radius 1 is 1.21 bits per heavy atom. The molecular formula is C11H18N2O. The van der Waals surface area contributed by atoms with Gasteiger partial charge < -0.3 is 11.1 Å². The molecule has 2 unspecified atom stereocenters. The SMILES string of the molecule is NC1(C(=O)NC2CC3CC3C2)CCC1. The van der Waals surface area contributed by atoms with Crippen LogP contribution in [0.2, 0.25) is 0 Å². The summed E-state index contributed by atoms with van der Waals surface area (Å²) in [5.41, 5.74) is 5.45. The van der Waals surface area contributed by atoms with Gasteiger partial charge in [-0.2, -0.15) is 0 Å². The Morgan fingerprint density at radius 2 is 1.86 bits per heavy atom. The van der Waals surface area contributed by atoms with E-state index < -0.39 is 5.54 Å². The van der Waals surface area contributed by atoms with Crippen molar-refractivity contribution in [2.24, 2.45) is 17.6 Å². The van der Waals surface area contributed by atoms with E-state index in [4.69, 9.17) is 5.73 Å². The van der Waals surface area contributed by atoms with Crippen LogP contribution in [0.4, 0.5) is 0 Å². The van der Waals surface area contributed by atoms with Crippen molar-refractivity contribution in [2.75, 3.05) is 0 Å². The van der Waals surface area contributed by atoms with E-state index in [1.807, 2.05) is 0 Å². The molecule has 0 aliphatic heterocycles. The lowest BCUT2D eigenvalue weighted by molar-refractivity contribution is -0.130. The first-order valence-electron chi connectivity index (χ1n) is 5.77. The van der Waals surface area contributed by atoms with Gasteiger partial charge in [0.1, 0.15) is 0 Å². The maximum atomic E-state index is 11.8. The van der Waals surface area contributed by atoms with E-state index in [1.165, 1.54) is 19.3 Å². The van der Waals surface area contributed by atoms with Crippen molar-refractivity contribution in [1.29, 1.82) is 0 Å². The Labute approximate surface area is 84.4 Å². The van der Waals surface area contributed by atoms with E-state index in [0.717, 1.165) is 31.1 Å². The Hall–Kier alpha value is -0.570. The molecule has 0 aromatic rings. The van der Waals surface area contributed by atoms with Crippen molar-refractivity contribution in [3.8, 4) is 0 Å². The third-order valence-corrected chi connectivity index (χ3v) is 4.28. The zero-order valence-electron chi connectivity index (χ0n) is 8.46. The van der Waals surface area contributed by atoms with Gasteiger partial charge in [0.15, 0.2) is 0 Å². The fraction of sp³-hybridized carbons (Fsp3) is 0.909. The molecule has 3 fully saturated rings. The van der Waals surface area contributed by atoms with Gasteiger partial charge in [-0.1, -0.05) is 0 Å². The number of hydrogen-bond acceptors (Lipinski definition) is 2. The van der Waals surface area contributed by atoms with Crippen molar-refractivity contribution in [1.82, 2.24) is 5.32 Å². The second kappa shape index (κ2) is 2.72. The van der Waals surface area contributed by atoms with E-state index in [1.54, 1.807) is 0 Å². The molecule has 14 heavy (non-hydrogen) atoms. The highest BCUT2D eigenvalue weighted by molar-refractivity contribution is 5.87. The largest absolute Gasteiger partial charge is 0.352 e. The van der Waals surface area contributed by atoms with Crippen molar-refractivity contribution in [3.63, 3.8) is 0 Å². The molecule has 0 saturated heterocycles. The molecule has 3 nitrogen and oxygen atoms in total. The van der Waals surface area contributed by atoms with Gasteiger partial charge in [-0.05, 0) is 50.4 Å². The molecule has 0 bridgehead atoms. The molecule has 0 aromatic heterocycles. The molecule has 3 rings (SSSR count). The number of nitrogens with one attached hydrogen (secondary N) is 1. The smallest absolute Gasteiger partial charge is 0.240 e. The number of nitrogens with two attached hydrogens (primary N) is 1. The fourth-order valence-electron chi connectivity index (χ4n) is 2.95. The minimum atomic E-state index is -0.507. The molecule has 0 spiro atoms. The van der Waals surface area contributed by atoms with Crippen LogP contribution in [-0.4, -0.2) is 17.5 Å². The van der Waals surface area contributed by atoms with Crippen LogP contribution < -0.4 is 11.1 Å². The van der Waals surface area contributed by atoms with Gasteiger partial charge in [-0.25, -0.2) is 0 Å². The lowest BCUT2D eigenvalue weighted by Gasteiger charge is -2.37. The predicted molar refractivity (Wildman–Crippen MR) is 53.5 cm³/mol. The van der Waals surface area contributed by atoms with Crippen LogP contribution in [0.1, 0.15) is 38.5 Å². The van der Waals surface area contributed by atoms with Crippen molar-refractivity contribution >= 4 is 5.91 Å². The number of rotatable bonds is 2. The van der Waals surface area contributed by atoms with Crippen LogP contribution in [0.3, 0.4) is 0 Å². The Kier molecular flexibility index (Phi) is 1.69. The summed E-state index contributed by atoms with van der Waals surface area (Å²) in [6.45, 7) is 0. The first kappa shape index (κ1) is 8.72. The topological polar surface area (TPSA) is 55.1 Å². The summed E-state index contributed by atoms with van der Waals surface area (Å²) in [5.74, 6) is 1.96. The highest BCUT2D eigenvalue weighted by Crippen LogP contribution is 2.51. The van der Waals surface area contributed by atoms with Gasteiger partial charge in [-0.3, -0.25) is 4.79 Å². The fourth-order valence-corrected chi connectivity index (χ4v) is 2.95. The second-order valence-corrected chi connectivity index (χ2v) is 5.41. The first-order valence-corrected chi connectivity index (χ1v) is 5.77. The molecule has 3 heteroatoms. The summed E-state index contributed by atoms with van der Waals surface area (Å²) in [6.07, 6.45) is 6.66. The second-order valence-electron chi connectivity index (χ2n) is 5.41. The average Bonchev–Trinajstić information content (AvgIpc) is 2.70. The van der Waals surface area contributed by atoms with Gasteiger partial charge >= 0.3 is 0 Å². The highest BCUT2D eigenvalue weighted by atomic mass is 16.2. The zero-order chi connectivity index (χ0) is 9.76. The molecule has 3 N–H and O–H groups in total. The Balaban J connectivity index is 1.54. The number of fused-ring (bicyclic) bond motifs is 1. The predicted octanol–water partition coefficient (Wildman–Crippen LogP) is 0.782. The van der Waals surface area contributed by atoms with Crippen LogP contribution in [0.25, 0.3) is 0 Å². The summed E-state index contributed by atoms with van der Waals surface area (Å²) in [4.78, 5) is 11.8. The lowest BCUT2D eigenvalue weighted by atomic mass is 9.77. The Bertz CT molecular complexity index is 262. The van der Waals surface area contributed by atoms with E-state index in [0.29, 0.717) is 6.04 Å². The molecule has 0 radical (unpaired) electrons. The van der Waals surface area contributed by atoms with Crippen LogP contribution >= 0.6 is 0 Å². The van der Waals surface area contributed by atoms with Gasteiger partial charge in [0.25, 0.3) is 0 Å². The van der Waals surface area contributed by atoms with Crippen molar-refractivity contribution in [2.45, 2.75) is 50.1 Å². The quantitative estimate of drug-likeness (QED) is 0.682. The van der Waals surface area contributed by atoms with E-state index in [-0.39, 0.29) is 5.91 Å². The summed E-state index contributed by atoms with van der Waals surface area (Å²) < 4.78 is 0. The van der Waals surface area contributed by atoms with Gasteiger partial charge in [0, 0.05) is 6.04 Å². The molecule has 3 saturated carbocycles. The minimum Gasteiger partial charge on any atom is -0.352 e. The molecule has 0 heterocycles. The molecule has 1 amide bonds. The molecule has 78 valence electrons. The zero-order valence-corrected chi connectivity index (χ0v) is 8.46. The molecule has 3 aliphatic carbocycles. The molecule has 0 aromatic carbocycles. The van der Waals surface area contributed by atoms with Crippen LogP contribution in [0, 0.1) is 11.8 Å². The van der Waals surface area contributed by atoms with Crippen LogP contribution in [0.15, 0.2) is 0 Å².